The number of nitrogens with one attached hydrogen (secondary N) is 1. The number of hydrogen-bond acceptors (Lipinski definition) is 2. The molecule has 0 radical (unpaired) electrons. The number of carbonyl (C=O) groups excluding carboxylic acids is 1. The number of fused-ring (bicyclic) bond motifs is 1. The van der Waals surface area contributed by atoms with Crippen LogP contribution in [0.2, 0.25) is 0 Å². The van der Waals surface area contributed by atoms with Crippen molar-refractivity contribution in [2.75, 3.05) is 0 Å². The van der Waals surface area contributed by atoms with E-state index >= 15 is 0 Å². The predicted octanol–water partition coefficient (Wildman–Crippen LogP) is 3.86. The van der Waals surface area contributed by atoms with Gasteiger partial charge in [0.15, 0.2) is 5.78 Å². The number of H-pyrrole nitrogens is 1. The van der Waals surface area contributed by atoms with Crippen molar-refractivity contribution >= 4 is 32.7 Å². The van der Waals surface area contributed by atoms with Crippen LogP contribution in [-0.4, -0.2) is 15.8 Å². The normalized spacial score (nSPS) is 10.8. The Morgan fingerprint density at radius 2 is 2.11 bits per heavy atom. The van der Waals surface area contributed by atoms with Gasteiger partial charge in [-0.15, -0.1) is 0 Å². The maximum Gasteiger partial charge on any atom is 0.195 e. The van der Waals surface area contributed by atoms with Crippen molar-refractivity contribution < 1.29 is 4.79 Å². The summed E-state index contributed by atoms with van der Waals surface area (Å²) in [6.07, 6.45) is 3.43. The number of nitrogens with zero attached hydrogens (tertiary/aromatic N) is 1. The van der Waals surface area contributed by atoms with E-state index in [9.17, 15) is 4.79 Å². The van der Waals surface area contributed by atoms with Crippen LogP contribution in [0.5, 0.6) is 0 Å². The number of aromatic amines is 1. The fourth-order valence-corrected chi connectivity index (χ4v) is 2.49. The number of pyridine rings is 1. The third-order valence-electron chi connectivity index (χ3n) is 3.14. The summed E-state index contributed by atoms with van der Waals surface area (Å²) in [6, 6.07) is 9.46. The molecular weight excluding hydrogens is 304 g/mol. The number of halogens is 1. The van der Waals surface area contributed by atoms with Gasteiger partial charge < -0.3 is 4.98 Å². The molecular formula is C15H11BrN2O. The molecule has 1 N–H and O–H groups in total. The van der Waals surface area contributed by atoms with Gasteiger partial charge in [0.2, 0.25) is 0 Å². The van der Waals surface area contributed by atoms with Crippen molar-refractivity contribution in [3.05, 3.63) is 63.9 Å². The molecule has 3 aromatic rings. The first-order valence-corrected chi connectivity index (χ1v) is 6.69. The first kappa shape index (κ1) is 12.1. The van der Waals surface area contributed by atoms with Crippen LogP contribution in [-0.2, 0) is 0 Å². The van der Waals surface area contributed by atoms with E-state index in [2.05, 4.69) is 25.9 Å². The molecule has 0 unspecified atom stereocenters. The van der Waals surface area contributed by atoms with Gasteiger partial charge in [-0.25, -0.2) is 4.98 Å². The van der Waals surface area contributed by atoms with Gasteiger partial charge in [-0.05, 0) is 36.8 Å². The third-order valence-corrected chi connectivity index (χ3v) is 3.63. The lowest BCUT2D eigenvalue weighted by Crippen LogP contribution is -2.03. The summed E-state index contributed by atoms with van der Waals surface area (Å²) in [6.45, 7) is 1.94. The number of rotatable bonds is 2. The zero-order chi connectivity index (χ0) is 13.4. The molecule has 0 saturated carbocycles. The van der Waals surface area contributed by atoms with Gasteiger partial charge >= 0.3 is 0 Å². The first-order valence-electron chi connectivity index (χ1n) is 5.90. The van der Waals surface area contributed by atoms with Crippen molar-refractivity contribution in [3.63, 3.8) is 0 Å². The molecule has 4 heteroatoms. The number of benzene rings is 1. The van der Waals surface area contributed by atoms with E-state index in [-0.39, 0.29) is 5.78 Å². The lowest BCUT2D eigenvalue weighted by atomic mass is 9.99. The number of hydrogen-bond donors (Lipinski definition) is 1. The van der Waals surface area contributed by atoms with Crippen LogP contribution in [0.25, 0.3) is 11.0 Å². The van der Waals surface area contributed by atoms with Gasteiger partial charge in [-0.2, -0.15) is 0 Å². The Balaban J connectivity index is 2.16. The smallest absolute Gasteiger partial charge is 0.195 e. The van der Waals surface area contributed by atoms with Gasteiger partial charge in [0.05, 0.1) is 0 Å². The second-order valence-electron chi connectivity index (χ2n) is 4.39. The molecule has 0 aliphatic heterocycles. The number of aromatic nitrogens is 2. The van der Waals surface area contributed by atoms with Gasteiger partial charge in [0.1, 0.15) is 5.65 Å². The molecule has 0 aliphatic rings. The molecule has 0 spiro atoms. The molecule has 19 heavy (non-hydrogen) atoms. The maximum atomic E-state index is 12.6. The quantitative estimate of drug-likeness (QED) is 0.730. The van der Waals surface area contributed by atoms with Crippen LogP contribution in [0, 0.1) is 6.92 Å². The molecule has 0 bridgehead atoms. The van der Waals surface area contributed by atoms with Crippen LogP contribution in [0.1, 0.15) is 21.5 Å². The minimum atomic E-state index is 0.0121. The highest BCUT2D eigenvalue weighted by molar-refractivity contribution is 9.10. The average molecular weight is 315 g/mol. The lowest BCUT2D eigenvalue weighted by Gasteiger charge is -2.04. The summed E-state index contributed by atoms with van der Waals surface area (Å²) in [5.41, 5.74) is 3.06. The molecule has 94 valence electrons. The summed E-state index contributed by atoms with van der Waals surface area (Å²) in [7, 11) is 0. The van der Waals surface area contributed by atoms with E-state index in [0.717, 1.165) is 21.1 Å². The Morgan fingerprint density at radius 3 is 2.95 bits per heavy atom. The maximum absolute atomic E-state index is 12.6. The van der Waals surface area contributed by atoms with Crippen LogP contribution in [0.15, 0.2) is 47.2 Å². The SMILES string of the molecule is Cc1ccc(Br)cc1C(=O)c1c[nH]c2ncccc12. The molecule has 1 aromatic carbocycles. The number of aryl methyl sites for hydroxylation is 1. The van der Waals surface area contributed by atoms with Crippen LogP contribution < -0.4 is 0 Å². The molecule has 0 aliphatic carbocycles. The van der Waals surface area contributed by atoms with E-state index in [4.69, 9.17) is 0 Å². The molecule has 2 aromatic heterocycles. The Kier molecular flexibility index (Phi) is 2.95. The lowest BCUT2D eigenvalue weighted by molar-refractivity contribution is 0.103. The van der Waals surface area contributed by atoms with Crippen LogP contribution >= 0.6 is 15.9 Å². The molecule has 3 rings (SSSR count). The largest absolute Gasteiger partial charge is 0.345 e. The summed E-state index contributed by atoms with van der Waals surface area (Å²) in [5.74, 6) is 0.0121. The van der Waals surface area contributed by atoms with Gasteiger partial charge in [-0.3, -0.25) is 4.79 Å². The van der Waals surface area contributed by atoms with E-state index in [1.54, 1.807) is 12.4 Å². The van der Waals surface area contributed by atoms with E-state index in [0.29, 0.717) is 11.1 Å². The van der Waals surface area contributed by atoms with Gasteiger partial charge in [-0.1, -0.05) is 22.0 Å². The number of ketones is 1. The molecule has 0 atom stereocenters. The Hall–Kier alpha value is -1.94. The molecule has 3 nitrogen and oxygen atoms in total. The van der Waals surface area contributed by atoms with Crippen molar-refractivity contribution in [2.24, 2.45) is 0 Å². The second-order valence-corrected chi connectivity index (χ2v) is 5.31. The van der Waals surface area contributed by atoms with Crippen molar-refractivity contribution in [1.29, 1.82) is 0 Å². The van der Waals surface area contributed by atoms with Crippen molar-refractivity contribution in [2.45, 2.75) is 6.92 Å². The average Bonchev–Trinajstić information content (AvgIpc) is 2.84. The van der Waals surface area contributed by atoms with E-state index in [1.807, 2.05) is 37.3 Å². The Bertz CT molecular complexity index is 777. The molecule has 2 heterocycles. The monoisotopic (exact) mass is 314 g/mol. The third kappa shape index (κ3) is 2.08. The Morgan fingerprint density at radius 1 is 1.26 bits per heavy atom. The standard InChI is InChI=1S/C15H11BrN2O/c1-9-4-5-10(16)7-12(9)14(19)13-8-18-15-11(13)3-2-6-17-15/h2-8H,1H3,(H,17,18). The predicted molar refractivity (Wildman–Crippen MR) is 78.4 cm³/mol. The van der Waals surface area contributed by atoms with Crippen molar-refractivity contribution in [1.82, 2.24) is 9.97 Å². The Labute approximate surface area is 118 Å². The second kappa shape index (κ2) is 4.63. The van der Waals surface area contributed by atoms with Crippen LogP contribution in [0.3, 0.4) is 0 Å². The molecule has 0 amide bonds. The highest BCUT2D eigenvalue weighted by Crippen LogP contribution is 2.23. The summed E-state index contributed by atoms with van der Waals surface area (Å²) in [4.78, 5) is 19.9. The van der Waals surface area contributed by atoms with Gasteiger partial charge in [0.25, 0.3) is 0 Å². The summed E-state index contributed by atoms with van der Waals surface area (Å²) < 4.78 is 0.902. The topological polar surface area (TPSA) is 45.8 Å². The highest BCUT2D eigenvalue weighted by atomic mass is 79.9. The van der Waals surface area contributed by atoms with E-state index < -0.39 is 0 Å². The zero-order valence-electron chi connectivity index (χ0n) is 10.3. The first-order chi connectivity index (χ1) is 9.16. The van der Waals surface area contributed by atoms with Crippen molar-refractivity contribution in [3.8, 4) is 0 Å². The fraction of sp³-hybridized carbons (Fsp3) is 0.0667. The fourth-order valence-electron chi connectivity index (χ4n) is 2.13. The van der Waals surface area contributed by atoms with Gasteiger partial charge in [0, 0.05) is 33.4 Å². The minimum Gasteiger partial charge on any atom is -0.345 e. The van der Waals surface area contributed by atoms with E-state index in [1.165, 1.54) is 0 Å². The number of carbonyl (C=O) groups is 1. The zero-order valence-corrected chi connectivity index (χ0v) is 11.9. The molecule has 0 saturated heterocycles. The summed E-state index contributed by atoms with van der Waals surface area (Å²) >= 11 is 3.41. The van der Waals surface area contributed by atoms with Crippen LogP contribution in [0.4, 0.5) is 0 Å². The minimum absolute atomic E-state index is 0.0121. The molecule has 0 fully saturated rings. The highest BCUT2D eigenvalue weighted by Gasteiger charge is 2.16. The summed E-state index contributed by atoms with van der Waals surface area (Å²) in [5, 5.41) is 0.854.